The van der Waals surface area contributed by atoms with Crippen molar-refractivity contribution < 1.29 is 32.2 Å². The fourth-order valence-electron chi connectivity index (χ4n) is 2.41. The van der Waals surface area contributed by atoms with Crippen LogP contribution in [0.5, 0.6) is 5.75 Å². The lowest BCUT2D eigenvalue weighted by Crippen LogP contribution is -2.24. The Morgan fingerprint density at radius 2 is 1.55 bits per heavy atom. The highest BCUT2D eigenvalue weighted by atomic mass is 19.4. The fraction of sp³-hybridized carbons (Fsp3) is 0.333. The molecule has 0 spiro atoms. The van der Waals surface area contributed by atoms with Crippen LogP contribution in [0, 0.1) is 0 Å². The monoisotopic (exact) mass is 409 g/mol. The molecule has 0 saturated heterocycles. The predicted molar refractivity (Wildman–Crippen MR) is 102 cm³/mol. The Kier molecular flexibility index (Phi) is 6.89. The lowest BCUT2D eigenvalue weighted by atomic mass is 9.87. The van der Waals surface area contributed by atoms with Crippen molar-refractivity contribution in [1.29, 1.82) is 0 Å². The Hall–Kier alpha value is -3.03. The molecule has 2 aromatic rings. The largest absolute Gasteiger partial charge is 0.482 e. The molecule has 0 atom stereocenters. The summed E-state index contributed by atoms with van der Waals surface area (Å²) in [5, 5.41) is 2.09. The van der Waals surface area contributed by atoms with Crippen molar-refractivity contribution in [3.05, 3.63) is 59.7 Å². The molecule has 0 bridgehead atoms. The van der Waals surface area contributed by atoms with Gasteiger partial charge in [-0.15, -0.1) is 0 Å². The van der Waals surface area contributed by atoms with Crippen molar-refractivity contribution in [2.24, 2.45) is 0 Å². The molecular formula is C21H22F3NO4. The van der Waals surface area contributed by atoms with Crippen molar-refractivity contribution in [2.75, 3.05) is 18.5 Å². The number of hydrogen-bond acceptors (Lipinski definition) is 4. The van der Waals surface area contributed by atoms with Gasteiger partial charge >= 0.3 is 12.1 Å². The first-order valence-electron chi connectivity index (χ1n) is 8.82. The summed E-state index contributed by atoms with van der Waals surface area (Å²) in [4.78, 5) is 23.5. The number of ether oxygens (including phenoxy) is 2. The highest BCUT2D eigenvalue weighted by molar-refractivity contribution is 5.93. The number of hydrogen-bond donors (Lipinski definition) is 1. The van der Waals surface area contributed by atoms with Crippen molar-refractivity contribution >= 4 is 17.6 Å². The first kappa shape index (κ1) is 22.3. The maximum absolute atomic E-state index is 12.9. The number of esters is 1. The molecule has 2 rings (SSSR count). The van der Waals surface area contributed by atoms with E-state index in [0.717, 1.165) is 17.7 Å². The van der Waals surface area contributed by atoms with Gasteiger partial charge in [0.1, 0.15) is 5.75 Å². The summed E-state index contributed by atoms with van der Waals surface area (Å²) < 4.78 is 48.8. The third-order valence-electron chi connectivity index (χ3n) is 3.95. The van der Waals surface area contributed by atoms with Crippen LogP contribution >= 0.6 is 0 Å². The highest BCUT2D eigenvalue weighted by Crippen LogP contribution is 2.34. The Labute approximate surface area is 166 Å². The first-order chi connectivity index (χ1) is 13.5. The van der Waals surface area contributed by atoms with Gasteiger partial charge in [0.05, 0.1) is 11.3 Å². The molecular weight excluding hydrogens is 387 g/mol. The lowest BCUT2D eigenvalue weighted by Gasteiger charge is -2.19. The van der Waals surface area contributed by atoms with Gasteiger partial charge in [-0.2, -0.15) is 13.2 Å². The molecule has 0 aliphatic heterocycles. The van der Waals surface area contributed by atoms with Crippen LogP contribution in [0.4, 0.5) is 18.9 Å². The maximum atomic E-state index is 12.9. The molecule has 8 heteroatoms. The molecule has 0 saturated carbocycles. The number of halogens is 3. The van der Waals surface area contributed by atoms with Gasteiger partial charge in [0.15, 0.2) is 13.2 Å². The number of amides is 1. The molecule has 0 aliphatic rings. The minimum Gasteiger partial charge on any atom is -0.482 e. The van der Waals surface area contributed by atoms with Gasteiger partial charge in [-0.3, -0.25) is 4.79 Å². The molecule has 0 unspecified atom stereocenters. The quantitative estimate of drug-likeness (QED) is 0.711. The molecule has 0 fully saturated rings. The highest BCUT2D eigenvalue weighted by Gasteiger charge is 2.33. The molecule has 0 aromatic heterocycles. The van der Waals surface area contributed by atoms with Crippen LogP contribution in [0.2, 0.25) is 0 Å². The normalized spacial score (nSPS) is 11.7. The topological polar surface area (TPSA) is 64.6 Å². The van der Waals surface area contributed by atoms with E-state index in [1.54, 1.807) is 12.1 Å². The SMILES string of the molecule is CC(C)(C)c1ccc(OCC(=O)OCC(=O)Nc2ccccc2C(F)(F)F)cc1. The van der Waals surface area contributed by atoms with Crippen LogP contribution in [0.15, 0.2) is 48.5 Å². The molecule has 29 heavy (non-hydrogen) atoms. The van der Waals surface area contributed by atoms with E-state index in [4.69, 9.17) is 9.47 Å². The van der Waals surface area contributed by atoms with Crippen LogP contribution in [-0.2, 0) is 25.9 Å². The second-order valence-corrected chi connectivity index (χ2v) is 7.32. The van der Waals surface area contributed by atoms with E-state index in [-0.39, 0.29) is 5.41 Å². The van der Waals surface area contributed by atoms with Gasteiger partial charge in [0.25, 0.3) is 5.91 Å². The van der Waals surface area contributed by atoms with E-state index in [1.165, 1.54) is 12.1 Å². The van der Waals surface area contributed by atoms with E-state index in [0.29, 0.717) is 5.75 Å². The number of nitrogens with one attached hydrogen (secondary N) is 1. The average Bonchev–Trinajstić information content (AvgIpc) is 2.64. The van der Waals surface area contributed by atoms with Gasteiger partial charge in [-0.05, 0) is 35.2 Å². The van der Waals surface area contributed by atoms with Crippen molar-refractivity contribution in [2.45, 2.75) is 32.4 Å². The summed E-state index contributed by atoms with van der Waals surface area (Å²) in [5.41, 5.74) is -0.309. The summed E-state index contributed by atoms with van der Waals surface area (Å²) in [7, 11) is 0. The minimum atomic E-state index is -4.61. The third-order valence-corrected chi connectivity index (χ3v) is 3.95. The maximum Gasteiger partial charge on any atom is 0.418 e. The molecule has 5 nitrogen and oxygen atoms in total. The van der Waals surface area contributed by atoms with E-state index in [1.807, 2.05) is 12.1 Å². The Morgan fingerprint density at radius 3 is 2.14 bits per heavy atom. The summed E-state index contributed by atoms with van der Waals surface area (Å²) in [6, 6.07) is 11.7. The van der Waals surface area contributed by atoms with Crippen molar-refractivity contribution in [3.63, 3.8) is 0 Å². The van der Waals surface area contributed by atoms with Crippen LogP contribution in [0.25, 0.3) is 0 Å². The number of alkyl halides is 3. The summed E-state index contributed by atoms with van der Waals surface area (Å²) in [5.74, 6) is -1.24. The zero-order chi connectivity index (χ0) is 21.7. The minimum absolute atomic E-state index is 0.0183. The third kappa shape index (κ3) is 6.81. The molecule has 1 N–H and O–H groups in total. The number of rotatable bonds is 6. The summed E-state index contributed by atoms with van der Waals surface area (Å²) in [6.07, 6.45) is -4.61. The summed E-state index contributed by atoms with van der Waals surface area (Å²) >= 11 is 0. The lowest BCUT2D eigenvalue weighted by molar-refractivity contribution is -0.149. The number of anilines is 1. The van der Waals surface area contributed by atoms with Crippen LogP contribution in [0.1, 0.15) is 31.9 Å². The number of para-hydroxylation sites is 1. The number of carbonyl (C=O) groups excluding carboxylic acids is 2. The number of carbonyl (C=O) groups is 2. The van der Waals surface area contributed by atoms with Crippen LogP contribution in [-0.4, -0.2) is 25.1 Å². The van der Waals surface area contributed by atoms with Gasteiger partial charge in [-0.25, -0.2) is 4.79 Å². The zero-order valence-electron chi connectivity index (χ0n) is 16.3. The number of benzene rings is 2. The predicted octanol–water partition coefficient (Wildman–Crippen LogP) is 4.56. The Morgan fingerprint density at radius 1 is 0.931 bits per heavy atom. The van der Waals surface area contributed by atoms with E-state index < -0.39 is 42.5 Å². The van der Waals surface area contributed by atoms with E-state index in [2.05, 4.69) is 26.1 Å². The Balaban J connectivity index is 1.82. The molecule has 0 radical (unpaired) electrons. The standard InChI is InChI=1S/C21H22F3NO4/c1-20(2,3)14-8-10-15(11-9-14)28-13-19(27)29-12-18(26)25-17-7-5-4-6-16(17)21(22,23)24/h4-11H,12-13H2,1-3H3,(H,25,26). The van der Waals surface area contributed by atoms with Crippen molar-refractivity contribution in [1.82, 2.24) is 0 Å². The van der Waals surface area contributed by atoms with Crippen molar-refractivity contribution in [3.8, 4) is 5.75 Å². The van der Waals surface area contributed by atoms with Gasteiger partial charge in [0.2, 0.25) is 0 Å². The van der Waals surface area contributed by atoms with Gasteiger partial charge in [0, 0.05) is 0 Å². The van der Waals surface area contributed by atoms with E-state index in [9.17, 15) is 22.8 Å². The molecule has 0 aliphatic carbocycles. The molecule has 0 heterocycles. The zero-order valence-corrected chi connectivity index (χ0v) is 16.3. The second-order valence-electron chi connectivity index (χ2n) is 7.32. The second kappa shape index (κ2) is 8.98. The van der Waals surface area contributed by atoms with Gasteiger partial charge < -0.3 is 14.8 Å². The van der Waals surface area contributed by atoms with Crippen LogP contribution in [0.3, 0.4) is 0 Å². The van der Waals surface area contributed by atoms with Crippen LogP contribution < -0.4 is 10.1 Å². The fourth-order valence-corrected chi connectivity index (χ4v) is 2.41. The molecule has 156 valence electrons. The Bertz CT molecular complexity index is 855. The van der Waals surface area contributed by atoms with Gasteiger partial charge in [-0.1, -0.05) is 45.0 Å². The summed E-state index contributed by atoms with van der Waals surface area (Å²) in [6.45, 7) is 5.05. The molecule has 2 aromatic carbocycles. The first-order valence-corrected chi connectivity index (χ1v) is 8.82. The van der Waals surface area contributed by atoms with E-state index >= 15 is 0 Å². The molecule has 1 amide bonds. The smallest absolute Gasteiger partial charge is 0.418 e. The average molecular weight is 409 g/mol.